The molecule has 0 unspecified atom stereocenters. The molecule has 0 atom stereocenters. The number of aromatic nitrogens is 7. The topological polar surface area (TPSA) is 94.5 Å². The molecule has 0 aliphatic carbocycles. The second kappa shape index (κ2) is 7.37. The highest BCUT2D eigenvalue weighted by atomic mass is 19.4. The number of ether oxygens (including phenoxy) is 1. The molecule has 0 spiro atoms. The molecule has 6 rings (SSSR count). The number of hydrogen-bond donors (Lipinski definition) is 1. The normalized spacial score (nSPS) is 13.4. The third-order valence-electron chi connectivity index (χ3n) is 5.70. The number of rotatable bonds is 4. The number of nitrogens with one attached hydrogen (secondary N) is 1. The summed E-state index contributed by atoms with van der Waals surface area (Å²) in [5.74, 6) is 0.645. The summed E-state index contributed by atoms with van der Waals surface area (Å²) in [7, 11) is 0. The van der Waals surface area contributed by atoms with Crippen molar-refractivity contribution >= 4 is 17.2 Å². The highest BCUT2D eigenvalue weighted by Crippen LogP contribution is 2.34. The predicted molar refractivity (Wildman–Crippen MR) is 111 cm³/mol. The van der Waals surface area contributed by atoms with Crippen LogP contribution in [0.2, 0.25) is 0 Å². The summed E-state index contributed by atoms with van der Waals surface area (Å²) in [4.78, 5) is 8.39. The van der Waals surface area contributed by atoms with Gasteiger partial charge in [0.05, 0.1) is 6.61 Å². The number of benzene rings is 1. The molecule has 13 heteroatoms. The van der Waals surface area contributed by atoms with E-state index >= 15 is 0 Å². The minimum absolute atomic E-state index is 0.00385. The van der Waals surface area contributed by atoms with Gasteiger partial charge >= 0.3 is 6.18 Å². The quantitative estimate of drug-likeness (QED) is 0.402. The van der Waals surface area contributed by atoms with Crippen LogP contribution in [0, 0.1) is 5.82 Å². The Bertz CT molecular complexity index is 1560. The first kappa shape index (κ1) is 20.3. The van der Waals surface area contributed by atoms with Gasteiger partial charge in [0, 0.05) is 41.4 Å². The Kier molecular flexibility index (Phi) is 4.40. The molecule has 9 nitrogen and oxygen atoms in total. The molecule has 5 heterocycles. The predicted octanol–water partition coefficient (Wildman–Crippen LogP) is 3.54. The number of alkyl halides is 3. The number of nitrogens with zero attached hydrogens (tertiary/aromatic N) is 7. The molecule has 0 saturated carbocycles. The van der Waals surface area contributed by atoms with E-state index in [-0.39, 0.29) is 18.0 Å². The van der Waals surface area contributed by atoms with Crippen LogP contribution in [0.3, 0.4) is 0 Å². The first-order chi connectivity index (χ1) is 16.4. The summed E-state index contributed by atoms with van der Waals surface area (Å²) in [5, 5.41) is 14.8. The summed E-state index contributed by atoms with van der Waals surface area (Å²) in [6.45, 7) is 0.644. The average molecular weight is 470 g/mol. The highest BCUT2D eigenvalue weighted by Gasteiger charge is 2.35. The van der Waals surface area contributed by atoms with Crippen LogP contribution in [0.5, 0.6) is 5.75 Å². The van der Waals surface area contributed by atoms with E-state index in [0.717, 1.165) is 22.5 Å². The number of halogens is 4. The average Bonchev–Trinajstić information content (AvgIpc) is 3.57. The molecule has 1 aromatic carbocycles. The Hall–Kier alpha value is -4.29. The van der Waals surface area contributed by atoms with Crippen LogP contribution in [0.1, 0.15) is 16.8 Å². The van der Waals surface area contributed by atoms with Crippen molar-refractivity contribution in [2.24, 2.45) is 0 Å². The Morgan fingerprint density at radius 1 is 1.06 bits per heavy atom. The summed E-state index contributed by atoms with van der Waals surface area (Å²) in [5.41, 5.74) is 1.45. The molecular formula is C21H14F4N8O. The standard InChI is InChI=1S/C21H14F4N8O/c22-15-2-3-16-11(5-6-34-16)13(15)7-26-20-27-8-14(19-31-29-10-32(19)20)12-1-4-17(21(23,24)25)33-18(12)28-9-30-33/h1-4,8-10H,5-7H2,(H,26,27). The van der Waals surface area contributed by atoms with Crippen molar-refractivity contribution in [1.82, 2.24) is 34.2 Å². The lowest BCUT2D eigenvalue weighted by molar-refractivity contribution is -0.142. The van der Waals surface area contributed by atoms with Gasteiger partial charge < -0.3 is 10.1 Å². The van der Waals surface area contributed by atoms with Gasteiger partial charge in [-0.1, -0.05) is 0 Å². The van der Waals surface area contributed by atoms with Crippen LogP contribution in [0.4, 0.5) is 23.5 Å². The molecule has 1 aliphatic rings. The maximum Gasteiger partial charge on any atom is 0.433 e. The molecule has 0 amide bonds. The minimum atomic E-state index is -4.60. The summed E-state index contributed by atoms with van der Waals surface area (Å²) in [6, 6.07) is 5.20. The van der Waals surface area contributed by atoms with E-state index in [9.17, 15) is 17.6 Å². The second-order valence-corrected chi connectivity index (χ2v) is 7.60. The second-order valence-electron chi connectivity index (χ2n) is 7.60. The number of anilines is 1. The van der Waals surface area contributed by atoms with Gasteiger partial charge in [-0.15, -0.1) is 10.2 Å². The third kappa shape index (κ3) is 3.11. The molecule has 4 aromatic heterocycles. The maximum atomic E-state index is 14.5. The van der Waals surface area contributed by atoms with Crippen LogP contribution < -0.4 is 10.1 Å². The number of hydrogen-bond acceptors (Lipinski definition) is 7. The molecule has 0 bridgehead atoms. The molecule has 0 saturated heterocycles. The number of fused-ring (bicyclic) bond motifs is 3. The summed E-state index contributed by atoms with van der Waals surface area (Å²) < 4.78 is 62.3. The van der Waals surface area contributed by atoms with Gasteiger partial charge in [0.25, 0.3) is 0 Å². The molecular weight excluding hydrogens is 456 g/mol. The molecule has 172 valence electrons. The Morgan fingerprint density at radius 3 is 2.79 bits per heavy atom. The Balaban J connectivity index is 1.40. The van der Waals surface area contributed by atoms with Gasteiger partial charge in [0.15, 0.2) is 11.3 Å². The van der Waals surface area contributed by atoms with Gasteiger partial charge in [-0.05, 0) is 24.3 Å². The molecule has 0 radical (unpaired) electrons. The fourth-order valence-electron chi connectivity index (χ4n) is 4.15. The van der Waals surface area contributed by atoms with E-state index < -0.39 is 11.9 Å². The molecule has 0 fully saturated rings. The third-order valence-corrected chi connectivity index (χ3v) is 5.70. The fraction of sp³-hybridized carbons (Fsp3) is 0.190. The van der Waals surface area contributed by atoms with Gasteiger partial charge in [0.2, 0.25) is 5.95 Å². The van der Waals surface area contributed by atoms with Gasteiger partial charge in [0.1, 0.15) is 29.9 Å². The maximum absolute atomic E-state index is 14.5. The summed E-state index contributed by atoms with van der Waals surface area (Å²) >= 11 is 0. The van der Waals surface area contributed by atoms with E-state index in [1.54, 1.807) is 6.07 Å². The number of pyridine rings is 1. The monoisotopic (exact) mass is 470 g/mol. The van der Waals surface area contributed by atoms with Crippen molar-refractivity contribution in [3.05, 3.63) is 65.8 Å². The zero-order chi connectivity index (χ0) is 23.4. The first-order valence-corrected chi connectivity index (χ1v) is 10.2. The van der Waals surface area contributed by atoms with E-state index in [2.05, 4.69) is 30.6 Å². The van der Waals surface area contributed by atoms with Crippen molar-refractivity contribution in [2.75, 3.05) is 11.9 Å². The molecule has 34 heavy (non-hydrogen) atoms. The van der Waals surface area contributed by atoms with Crippen LogP contribution in [0.25, 0.3) is 22.4 Å². The van der Waals surface area contributed by atoms with E-state index in [1.807, 2.05) is 0 Å². The zero-order valence-corrected chi connectivity index (χ0v) is 17.2. The fourth-order valence-corrected chi connectivity index (χ4v) is 4.15. The summed E-state index contributed by atoms with van der Waals surface area (Å²) in [6.07, 6.45) is -0.0684. The van der Waals surface area contributed by atoms with Crippen molar-refractivity contribution in [2.45, 2.75) is 19.1 Å². The lowest BCUT2D eigenvalue weighted by atomic mass is 10.0. The van der Waals surface area contributed by atoms with Gasteiger partial charge in [-0.25, -0.2) is 18.9 Å². The van der Waals surface area contributed by atoms with Crippen LogP contribution in [0.15, 0.2) is 43.1 Å². The lowest BCUT2D eigenvalue weighted by Gasteiger charge is -2.13. The minimum Gasteiger partial charge on any atom is -0.493 e. The van der Waals surface area contributed by atoms with Crippen LogP contribution in [-0.4, -0.2) is 40.8 Å². The lowest BCUT2D eigenvalue weighted by Crippen LogP contribution is -2.13. The van der Waals surface area contributed by atoms with Crippen molar-refractivity contribution in [3.8, 4) is 16.9 Å². The van der Waals surface area contributed by atoms with Crippen LogP contribution in [-0.2, 0) is 19.1 Å². The van der Waals surface area contributed by atoms with Gasteiger partial charge in [-0.3, -0.25) is 4.40 Å². The largest absolute Gasteiger partial charge is 0.493 e. The SMILES string of the molecule is Fc1ccc2c(c1CNc1ncc(-c3ccc(C(F)(F)F)n4ncnc34)c3nncn13)CCO2. The van der Waals surface area contributed by atoms with E-state index in [1.165, 1.54) is 29.1 Å². The molecule has 1 N–H and O–H groups in total. The Labute approximate surface area is 188 Å². The van der Waals surface area contributed by atoms with Gasteiger partial charge in [-0.2, -0.15) is 18.3 Å². The zero-order valence-electron chi connectivity index (χ0n) is 17.2. The smallest absolute Gasteiger partial charge is 0.433 e. The van der Waals surface area contributed by atoms with E-state index in [4.69, 9.17) is 4.74 Å². The molecule has 1 aliphatic heterocycles. The Morgan fingerprint density at radius 2 is 1.94 bits per heavy atom. The van der Waals surface area contributed by atoms with Crippen LogP contribution >= 0.6 is 0 Å². The first-order valence-electron chi connectivity index (χ1n) is 10.2. The van der Waals surface area contributed by atoms with E-state index in [0.29, 0.717) is 47.1 Å². The molecule has 5 aromatic rings. The van der Waals surface area contributed by atoms with Crippen molar-refractivity contribution in [3.63, 3.8) is 0 Å². The highest BCUT2D eigenvalue weighted by molar-refractivity contribution is 5.86. The van der Waals surface area contributed by atoms with Crippen molar-refractivity contribution < 1.29 is 22.3 Å². The van der Waals surface area contributed by atoms with Crippen molar-refractivity contribution in [1.29, 1.82) is 0 Å².